The fourth-order valence-electron chi connectivity index (χ4n) is 3.17. The minimum Gasteiger partial charge on any atom is -0.489 e. The molecule has 5 heteroatoms. The van der Waals surface area contributed by atoms with Crippen molar-refractivity contribution in [3.63, 3.8) is 0 Å². The molecule has 0 radical (unpaired) electrons. The van der Waals surface area contributed by atoms with Crippen molar-refractivity contribution in [3.05, 3.63) is 102 Å². The van der Waals surface area contributed by atoms with Crippen LogP contribution in [0.25, 0.3) is 5.65 Å². The molecule has 0 saturated heterocycles. The summed E-state index contributed by atoms with van der Waals surface area (Å²) in [4.78, 5) is 17.0. The Labute approximate surface area is 170 Å². The number of ether oxygens (including phenoxy) is 1. The molecule has 1 N–H and O–H groups in total. The predicted octanol–water partition coefficient (Wildman–Crippen LogP) is 4.19. The smallest absolute Gasteiger partial charge is 0.251 e. The Bertz CT molecular complexity index is 1100. The van der Waals surface area contributed by atoms with Crippen LogP contribution in [0.1, 0.15) is 27.3 Å². The number of amides is 1. The van der Waals surface area contributed by atoms with E-state index in [0.29, 0.717) is 25.1 Å². The van der Waals surface area contributed by atoms with Gasteiger partial charge in [0.2, 0.25) is 0 Å². The summed E-state index contributed by atoms with van der Waals surface area (Å²) in [5.41, 5.74) is 4.75. The zero-order chi connectivity index (χ0) is 20.1. The number of benzene rings is 2. The average molecular weight is 385 g/mol. The van der Waals surface area contributed by atoms with Gasteiger partial charge in [0, 0.05) is 30.4 Å². The zero-order valence-corrected chi connectivity index (χ0v) is 16.3. The topological polar surface area (TPSA) is 55.6 Å². The number of hydrogen-bond acceptors (Lipinski definition) is 3. The minimum absolute atomic E-state index is 0.0976. The van der Waals surface area contributed by atoms with Gasteiger partial charge < -0.3 is 14.5 Å². The van der Waals surface area contributed by atoms with Gasteiger partial charge in [0.1, 0.15) is 18.0 Å². The summed E-state index contributed by atoms with van der Waals surface area (Å²) >= 11 is 0. The third-order valence-corrected chi connectivity index (χ3v) is 4.78. The number of aromatic nitrogens is 2. The Morgan fingerprint density at radius 1 is 1.00 bits per heavy atom. The molecule has 0 aliphatic carbocycles. The Kier molecular flexibility index (Phi) is 5.56. The number of pyridine rings is 1. The lowest BCUT2D eigenvalue weighted by Gasteiger charge is -2.08. The first kappa shape index (κ1) is 18.7. The SMILES string of the molecule is Cc1cccc2nc(CCNC(=O)c3ccc(OCc4ccccc4)cc3)cn12. The quantitative estimate of drug-likeness (QED) is 0.519. The van der Waals surface area contributed by atoms with Gasteiger partial charge in [0.25, 0.3) is 5.91 Å². The molecule has 0 atom stereocenters. The highest BCUT2D eigenvalue weighted by atomic mass is 16.5. The van der Waals surface area contributed by atoms with Crippen molar-refractivity contribution in [3.8, 4) is 5.75 Å². The van der Waals surface area contributed by atoms with E-state index in [1.807, 2.05) is 73.8 Å². The van der Waals surface area contributed by atoms with E-state index in [1.165, 1.54) is 0 Å². The third-order valence-electron chi connectivity index (χ3n) is 4.78. The van der Waals surface area contributed by atoms with Crippen molar-refractivity contribution in [2.24, 2.45) is 0 Å². The fourth-order valence-corrected chi connectivity index (χ4v) is 3.17. The van der Waals surface area contributed by atoms with Gasteiger partial charge in [0.05, 0.1) is 5.69 Å². The Morgan fingerprint density at radius 3 is 2.55 bits per heavy atom. The molecule has 146 valence electrons. The molecule has 0 aliphatic rings. The normalized spacial score (nSPS) is 10.8. The first-order chi connectivity index (χ1) is 14.2. The molecular weight excluding hydrogens is 362 g/mol. The second kappa shape index (κ2) is 8.61. The monoisotopic (exact) mass is 385 g/mol. The van der Waals surface area contributed by atoms with Crippen LogP contribution in [-0.4, -0.2) is 21.8 Å². The standard InChI is InChI=1S/C24H23N3O2/c1-18-6-5-9-23-26-21(16-27(18)23)14-15-25-24(28)20-10-12-22(13-11-20)29-17-19-7-3-2-4-8-19/h2-13,16H,14-15,17H2,1H3,(H,25,28). The number of rotatable bonds is 7. The van der Waals surface area contributed by atoms with Crippen LogP contribution in [0, 0.1) is 6.92 Å². The zero-order valence-electron chi connectivity index (χ0n) is 16.3. The van der Waals surface area contributed by atoms with Crippen molar-refractivity contribution >= 4 is 11.6 Å². The Morgan fingerprint density at radius 2 is 1.79 bits per heavy atom. The summed E-state index contributed by atoms with van der Waals surface area (Å²) < 4.78 is 7.82. The van der Waals surface area contributed by atoms with Gasteiger partial charge in [-0.15, -0.1) is 0 Å². The summed E-state index contributed by atoms with van der Waals surface area (Å²) in [5, 5.41) is 2.95. The molecular formula is C24H23N3O2. The maximum absolute atomic E-state index is 12.4. The minimum atomic E-state index is -0.0976. The predicted molar refractivity (Wildman–Crippen MR) is 113 cm³/mol. The number of fused-ring (bicyclic) bond motifs is 1. The number of carbonyl (C=O) groups is 1. The van der Waals surface area contributed by atoms with Crippen LogP contribution in [0.3, 0.4) is 0 Å². The van der Waals surface area contributed by atoms with E-state index in [4.69, 9.17) is 4.74 Å². The summed E-state index contributed by atoms with van der Waals surface area (Å²) in [5.74, 6) is 0.644. The number of nitrogens with zero attached hydrogens (tertiary/aromatic N) is 2. The first-order valence-corrected chi connectivity index (χ1v) is 9.67. The molecule has 0 bridgehead atoms. The third kappa shape index (κ3) is 4.63. The van der Waals surface area contributed by atoms with E-state index in [1.54, 1.807) is 12.1 Å². The van der Waals surface area contributed by atoms with Crippen LogP contribution >= 0.6 is 0 Å². The van der Waals surface area contributed by atoms with Crippen molar-refractivity contribution < 1.29 is 9.53 Å². The Hall–Kier alpha value is -3.60. The molecule has 0 fully saturated rings. The highest BCUT2D eigenvalue weighted by Crippen LogP contribution is 2.14. The van der Waals surface area contributed by atoms with Crippen LogP contribution in [-0.2, 0) is 13.0 Å². The van der Waals surface area contributed by atoms with Crippen molar-refractivity contribution in [1.29, 1.82) is 0 Å². The largest absolute Gasteiger partial charge is 0.489 e. The molecule has 2 heterocycles. The van der Waals surface area contributed by atoms with Crippen LogP contribution in [0.5, 0.6) is 5.75 Å². The fraction of sp³-hybridized carbons (Fsp3) is 0.167. The molecule has 4 aromatic rings. The number of hydrogen-bond donors (Lipinski definition) is 1. The molecule has 2 aromatic heterocycles. The second-order valence-corrected chi connectivity index (χ2v) is 6.93. The van der Waals surface area contributed by atoms with E-state index < -0.39 is 0 Å². The van der Waals surface area contributed by atoms with Gasteiger partial charge in [-0.05, 0) is 48.9 Å². The van der Waals surface area contributed by atoms with Crippen LogP contribution in [0.15, 0.2) is 79.0 Å². The highest BCUT2D eigenvalue weighted by Gasteiger charge is 2.07. The maximum Gasteiger partial charge on any atom is 0.251 e. The van der Waals surface area contributed by atoms with E-state index in [0.717, 1.165) is 28.3 Å². The number of imidazole rings is 1. The Balaban J connectivity index is 1.28. The van der Waals surface area contributed by atoms with Crippen LogP contribution in [0.4, 0.5) is 0 Å². The number of nitrogens with one attached hydrogen (secondary N) is 1. The van der Waals surface area contributed by atoms with Gasteiger partial charge >= 0.3 is 0 Å². The highest BCUT2D eigenvalue weighted by molar-refractivity contribution is 5.94. The van der Waals surface area contributed by atoms with Gasteiger partial charge in [0.15, 0.2) is 0 Å². The van der Waals surface area contributed by atoms with Gasteiger partial charge in [-0.25, -0.2) is 4.98 Å². The first-order valence-electron chi connectivity index (χ1n) is 9.67. The summed E-state index contributed by atoms with van der Waals surface area (Å²) in [6.07, 6.45) is 2.71. The summed E-state index contributed by atoms with van der Waals surface area (Å²) in [7, 11) is 0. The maximum atomic E-state index is 12.4. The van der Waals surface area contributed by atoms with Crippen LogP contribution < -0.4 is 10.1 Å². The van der Waals surface area contributed by atoms with Gasteiger partial charge in [-0.3, -0.25) is 4.79 Å². The molecule has 0 saturated carbocycles. The molecule has 1 amide bonds. The molecule has 0 aliphatic heterocycles. The van der Waals surface area contributed by atoms with Gasteiger partial charge in [-0.2, -0.15) is 0 Å². The van der Waals surface area contributed by atoms with E-state index >= 15 is 0 Å². The lowest BCUT2D eigenvalue weighted by atomic mass is 10.2. The lowest BCUT2D eigenvalue weighted by molar-refractivity contribution is 0.0954. The molecule has 2 aromatic carbocycles. The van der Waals surface area contributed by atoms with Crippen molar-refractivity contribution in [2.75, 3.05) is 6.54 Å². The molecule has 29 heavy (non-hydrogen) atoms. The molecule has 0 spiro atoms. The van der Waals surface area contributed by atoms with E-state index in [9.17, 15) is 4.79 Å². The lowest BCUT2D eigenvalue weighted by Crippen LogP contribution is -2.25. The summed E-state index contributed by atoms with van der Waals surface area (Å²) in [6, 6.07) is 23.2. The summed E-state index contributed by atoms with van der Waals surface area (Å²) in [6.45, 7) is 3.09. The van der Waals surface area contributed by atoms with Crippen molar-refractivity contribution in [2.45, 2.75) is 20.0 Å². The number of aryl methyl sites for hydroxylation is 1. The van der Waals surface area contributed by atoms with Crippen LogP contribution in [0.2, 0.25) is 0 Å². The average Bonchev–Trinajstić information content (AvgIpc) is 3.18. The van der Waals surface area contributed by atoms with Gasteiger partial charge in [-0.1, -0.05) is 36.4 Å². The van der Waals surface area contributed by atoms with E-state index in [-0.39, 0.29) is 5.91 Å². The molecule has 4 rings (SSSR count). The molecule has 0 unspecified atom stereocenters. The van der Waals surface area contributed by atoms with E-state index in [2.05, 4.69) is 14.7 Å². The number of carbonyl (C=O) groups excluding carboxylic acids is 1. The molecule has 5 nitrogen and oxygen atoms in total. The second-order valence-electron chi connectivity index (χ2n) is 6.93. The van der Waals surface area contributed by atoms with Crippen molar-refractivity contribution in [1.82, 2.24) is 14.7 Å².